The summed E-state index contributed by atoms with van der Waals surface area (Å²) in [5, 5.41) is 2.92. The number of pyridine rings is 1. The van der Waals surface area contributed by atoms with Gasteiger partial charge in [0.05, 0.1) is 12.8 Å². The molecule has 2 aromatic heterocycles. The second kappa shape index (κ2) is 5.28. The molecule has 0 aliphatic carbocycles. The number of methoxy groups -OCH3 is 1. The van der Waals surface area contributed by atoms with E-state index in [1.54, 1.807) is 37.6 Å². The zero-order valence-corrected chi connectivity index (χ0v) is 11.8. The van der Waals surface area contributed by atoms with E-state index in [1.807, 2.05) is 29.7 Å². The number of nitrogens with one attached hydrogen (secondary N) is 1. The molecule has 0 fully saturated rings. The minimum absolute atomic E-state index is 0.153. The molecule has 0 radical (unpaired) electrons. The highest BCUT2D eigenvalue weighted by atomic mass is 16.5. The third-order valence-electron chi connectivity index (χ3n) is 3.42. The summed E-state index contributed by atoms with van der Waals surface area (Å²) < 4.78 is 7.02. The van der Waals surface area contributed by atoms with Crippen LogP contribution in [0.25, 0.3) is 5.65 Å². The lowest BCUT2D eigenvalue weighted by Gasteiger charge is -2.10. The van der Waals surface area contributed by atoms with Gasteiger partial charge in [0.1, 0.15) is 11.4 Å². The Morgan fingerprint density at radius 2 is 1.95 bits per heavy atom. The molecule has 0 spiro atoms. The van der Waals surface area contributed by atoms with Gasteiger partial charge in [-0.1, -0.05) is 0 Å². The number of anilines is 1. The lowest BCUT2D eigenvalue weighted by Crippen LogP contribution is -2.13. The number of imidazole rings is 1. The molecule has 0 bridgehead atoms. The summed E-state index contributed by atoms with van der Waals surface area (Å²) >= 11 is 0. The van der Waals surface area contributed by atoms with Gasteiger partial charge < -0.3 is 14.5 Å². The van der Waals surface area contributed by atoms with Crippen LogP contribution < -0.4 is 10.1 Å². The van der Waals surface area contributed by atoms with Crippen LogP contribution in [0.15, 0.2) is 48.8 Å². The quantitative estimate of drug-likeness (QED) is 0.803. The molecule has 0 unspecified atom stereocenters. The lowest BCUT2D eigenvalue weighted by molar-refractivity contribution is 0.102. The Morgan fingerprint density at radius 1 is 1.19 bits per heavy atom. The summed E-state index contributed by atoms with van der Waals surface area (Å²) in [4.78, 5) is 16.5. The summed E-state index contributed by atoms with van der Waals surface area (Å²) in [6.45, 7) is 1.94. The van der Waals surface area contributed by atoms with E-state index in [0.717, 1.165) is 22.8 Å². The van der Waals surface area contributed by atoms with Crippen molar-refractivity contribution in [2.45, 2.75) is 6.92 Å². The van der Waals surface area contributed by atoms with Gasteiger partial charge in [0.25, 0.3) is 5.91 Å². The summed E-state index contributed by atoms with van der Waals surface area (Å²) in [6, 6.07) is 10.7. The van der Waals surface area contributed by atoms with Crippen LogP contribution in [0.1, 0.15) is 16.1 Å². The van der Waals surface area contributed by atoms with Gasteiger partial charge >= 0.3 is 0 Å². The number of nitrogens with zero attached hydrogens (tertiary/aromatic N) is 2. The first kappa shape index (κ1) is 13.2. The molecule has 3 aromatic rings. The fraction of sp³-hybridized carbons (Fsp3) is 0.125. The van der Waals surface area contributed by atoms with E-state index in [2.05, 4.69) is 10.3 Å². The van der Waals surface area contributed by atoms with Crippen molar-refractivity contribution < 1.29 is 9.53 Å². The molecule has 5 nitrogen and oxygen atoms in total. The molecule has 0 aliphatic rings. The van der Waals surface area contributed by atoms with E-state index >= 15 is 0 Å². The number of hydrogen-bond acceptors (Lipinski definition) is 3. The Hall–Kier alpha value is -2.82. The number of carbonyl (C=O) groups is 1. The van der Waals surface area contributed by atoms with E-state index < -0.39 is 0 Å². The third-order valence-corrected chi connectivity index (χ3v) is 3.42. The molecule has 106 valence electrons. The number of carbonyl (C=O) groups excluding carboxylic acids is 1. The van der Waals surface area contributed by atoms with Gasteiger partial charge in [-0.15, -0.1) is 0 Å². The molecule has 1 aromatic carbocycles. The summed E-state index contributed by atoms with van der Waals surface area (Å²) in [5.41, 5.74) is 3.14. The maximum atomic E-state index is 12.3. The number of aryl methyl sites for hydroxylation is 1. The summed E-state index contributed by atoms with van der Waals surface area (Å²) in [5.74, 6) is 0.572. The second-order valence-corrected chi connectivity index (χ2v) is 4.67. The standard InChI is InChI=1S/C16H15N3O2/c1-11-14(7-8-15-17-9-10-19(11)15)18-16(20)12-3-5-13(21-2)6-4-12/h3-10H,1-2H3,(H,18,20). The van der Waals surface area contributed by atoms with Crippen LogP contribution in [0.5, 0.6) is 5.75 Å². The van der Waals surface area contributed by atoms with E-state index in [-0.39, 0.29) is 5.91 Å². The number of rotatable bonds is 3. The first-order chi connectivity index (χ1) is 10.2. The van der Waals surface area contributed by atoms with Crippen molar-refractivity contribution in [1.29, 1.82) is 0 Å². The van der Waals surface area contributed by atoms with Crippen molar-refractivity contribution >= 4 is 17.2 Å². The highest BCUT2D eigenvalue weighted by Crippen LogP contribution is 2.18. The molecular formula is C16H15N3O2. The highest BCUT2D eigenvalue weighted by Gasteiger charge is 2.09. The predicted octanol–water partition coefficient (Wildman–Crippen LogP) is 2.90. The van der Waals surface area contributed by atoms with Crippen LogP contribution in [-0.2, 0) is 0 Å². The molecular weight excluding hydrogens is 266 g/mol. The predicted molar refractivity (Wildman–Crippen MR) is 80.9 cm³/mol. The van der Waals surface area contributed by atoms with E-state index in [0.29, 0.717) is 5.56 Å². The van der Waals surface area contributed by atoms with E-state index in [4.69, 9.17) is 4.74 Å². The first-order valence-electron chi connectivity index (χ1n) is 6.57. The topological polar surface area (TPSA) is 55.6 Å². The van der Waals surface area contributed by atoms with Crippen molar-refractivity contribution in [1.82, 2.24) is 9.38 Å². The van der Waals surface area contributed by atoms with Crippen LogP contribution in [0.4, 0.5) is 5.69 Å². The van der Waals surface area contributed by atoms with Gasteiger partial charge in [-0.3, -0.25) is 4.79 Å². The monoisotopic (exact) mass is 281 g/mol. The molecule has 0 aliphatic heterocycles. The SMILES string of the molecule is COc1ccc(C(=O)Nc2ccc3nccn3c2C)cc1. The zero-order valence-electron chi connectivity index (χ0n) is 11.8. The zero-order chi connectivity index (χ0) is 14.8. The van der Waals surface area contributed by atoms with Crippen LogP contribution in [0.3, 0.4) is 0 Å². The Bertz CT molecular complexity index is 791. The molecule has 2 heterocycles. The molecule has 1 amide bonds. The number of ether oxygens (including phenoxy) is 1. The largest absolute Gasteiger partial charge is 0.497 e. The van der Waals surface area contributed by atoms with Gasteiger partial charge in [-0.05, 0) is 43.3 Å². The Balaban J connectivity index is 1.86. The molecule has 0 saturated carbocycles. The fourth-order valence-corrected chi connectivity index (χ4v) is 2.20. The maximum absolute atomic E-state index is 12.3. The van der Waals surface area contributed by atoms with Gasteiger partial charge in [0, 0.05) is 23.7 Å². The Labute approximate surface area is 122 Å². The van der Waals surface area contributed by atoms with Gasteiger partial charge in [0.2, 0.25) is 0 Å². The van der Waals surface area contributed by atoms with Crippen molar-refractivity contribution in [2.75, 3.05) is 12.4 Å². The number of hydrogen-bond donors (Lipinski definition) is 1. The average Bonchev–Trinajstić information content (AvgIpc) is 2.99. The molecule has 5 heteroatoms. The Kier molecular flexibility index (Phi) is 3.31. The van der Waals surface area contributed by atoms with Crippen molar-refractivity contribution in [3.63, 3.8) is 0 Å². The van der Waals surface area contributed by atoms with Crippen LogP contribution in [0.2, 0.25) is 0 Å². The fourth-order valence-electron chi connectivity index (χ4n) is 2.20. The average molecular weight is 281 g/mol. The van der Waals surface area contributed by atoms with Crippen molar-refractivity contribution in [2.24, 2.45) is 0 Å². The molecule has 0 atom stereocenters. The summed E-state index contributed by atoms with van der Waals surface area (Å²) in [6.07, 6.45) is 3.60. The third kappa shape index (κ3) is 2.45. The first-order valence-corrected chi connectivity index (χ1v) is 6.57. The number of amides is 1. The minimum atomic E-state index is -0.153. The number of aromatic nitrogens is 2. The molecule has 3 rings (SSSR count). The van der Waals surface area contributed by atoms with Gasteiger partial charge in [-0.2, -0.15) is 0 Å². The number of benzene rings is 1. The van der Waals surface area contributed by atoms with Crippen LogP contribution >= 0.6 is 0 Å². The molecule has 1 N–H and O–H groups in total. The van der Waals surface area contributed by atoms with Gasteiger partial charge in [-0.25, -0.2) is 4.98 Å². The minimum Gasteiger partial charge on any atom is -0.497 e. The van der Waals surface area contributed by atoms with Crippen LogP contribution in [-0.4, -0.2) is 22.4 Å². The molecule has 0 saturated heterocycles. The lowest BCUT2D eigenvalue weighted by atomic mass is 10.2. The molecule has 21 heavy (non-hydrogen) atoms. The van der Waals surface area contributed by atoms with Crippen molar-refractivity contribution in [3.8, 4) is 5.75 Å². The van der Waals surface area contributed by atoms with E-state index in [1.165, 1.54) is 0 Å². The van der Waals surface area contributed by atoms with Crippen LogP contribution in [0, 0.1) is 6.92 Å². The van der Waals surface area contributed by atoms with Crippen molar-refractivity contribution in [3.05, 3.63) is 60.0 Å². The highest BCUT2D eigenvalue weighted by molar-refractivity contribution is 6.04. The summed E-state index contributed by atoms with van der Waals surface area (Å²) in [7, 11) is 1.60. The number of fused-ring (bicyclic) bond motifs is 1. The second-order valence-electron chi connectivity index (χ2n) is 4.67. The normalized spacial score (nSPS) is 10.6. The maximum Gasteiger partial charge on any atom is 0.255 e. The van der Waals surface area contributed by atoms with Gasteiger partial charge in [0.15, 0.2) is 0 Å². The Morgan fingerprint density at radius 3 is 2.67 bits per heavy atom. The smallest absolute Gasteiger partial charge is 0.255 e. The van der Waals surface area contributed by atoms with E-state index in [9.17, 15) is 4.79 Å².